The van der Waals surface area contributed by atoms with Gasteiger partial charge in [0.25, 0.3) is 0 Å². The second-order valence-electron chi connectivity index (χ2n) is 15.2. The van der Waals surface area contributed by atoms with E-state index in [0.717, 1.165) is 82.1 Å². The van der Waals surface area contributed by atoms with Crippen LogP contribution in [0.5, 0.6) is 0 Å². The molecule has 2 aliphatic heterocycles. The molecule has 5 aromatic rings. The van der Waals surface area contributed by atoms with Gasteiger partial charge < -0.3 is 44.6 Å². The Hall–Kier alpha value is -5.96. The Morgan fingerprint density at radius 3 is 1.97 bits per heavy atom. The standard InChI is InChI=1S/C43H52N8O7/c1-7-24(2)36(48-42(54)57-5)40(52)51-19-9-11-35(51)39-45-31-17-16-29(22-32(31)46-39)27-12-13-28-21-30(15-14-26(28)20-27)33-23-44-38(47-33)34-10-8-18-50(34)41(53)37(25(3)56-4)49-43(55)58-6/h12-17,20-25,34-37H,7-11,18-19H2,1-6H3,(H,44,47)(H,45,46)(H,48,54)(H,49,55)/t24-,25+,34-,35-,36?,37-/m0/s1. The van der Waals surface area contributed by atoms with E-state index >= 15 is 0 Å². The molecule has 15 heteroatoms. The highest BCUT2D eigenvalue weighted by Gasteiger charge is 2.40. The summed E-state index contributed by atoms with van der Waals surface area (Å²) in [6, 6.07) is 16.7. The van der Waals surface area contributed by atoms with Crippen molar-refractivity contribution in [3.8, 4) is 22.4 Å². The highest BCUT2D eigenvalue weighted by molar-refractivity contribution is 5.92. The molecule has 4 amide bonds. The molecule has 306 valence electrons. The molecule has 2 fully saturated rings. The van der Waals surface area contributed by atoms with E-state index in [0.29, 0.717) is 18.9 Å². The van der Waals surface area contributed by atoms with Gasteiger partial charge in [0.1, 0.15) is 23.7 Å². The molecule has 0 radical (unpaired) electrons. The van der Waals surface area contributed by atoms with Crippen molar-refractivity contribution in [1.82, 2.24) is 40.4 Å². The van der Waals surface area contributed by atoms with Gasteiger partial charge in [-0.2, -0.15) is 0 Å². The van der Waals surface area contributed by atoms with Gasteiger partial charge in [-0.1, -0.05) is 50.6 Å². The molecule has 2 aliphatic rings. The predicted octanol–water partition coefficient (Wildman–Crippen LogP) is 6.63. The fourth-order valence-corrected chi connectivity index (χ4v) is 8.17. The van der Waals surface area contributed by atoms with Crippen molar-refractivity contribution in [2.75, 3.05) is 34.4 Å². The number of rotatable bonds is 12. The van der Waals surface area contributed by atoms with Crippen molar-refractivity contribution in [3.63, 3.8) is 0 Å². The number of carbonyl (C=O) groups excluding carboxylic acids is 4. The van der Waals surface area contributed by atoms with Crippen LogP contribution in [-0.2, 0) is 23.8 Å². The maximum Gasteiger partial charge on any atom is 0.407 e. The summed E-state index contributed by atoms with van der Waals surface area (Å²) in [7, 11) is 4.06. The van der Waals surface area contributed by atoms with E-state index in [-0.39, 0.29) is 29.8 Å². The minimum Gasteiger partial charge on any atom is -0.453 e. The minimum absolute atomic E-state index is 0.0613. The lowest BCUT2D eigenvalue weighted by Crippen LogP contribution is -2.54. The number of amides is 4. The number of nitrogens with one attached hydrogen (secondary N) is 4. The number of methoxy groups -OCH3 is 3. The van der Waals surface area contributed by atoms with E-state index in [9.17, 15) is 19.2 Å². The number of hydrogen-bond acceptors (Lipinski definition) is 9. The lowest BCUT2D eigenvalue weighted by molar-refractivity contribution is -0.137. The SMILES string of the molecule is CC[C@H](C)C(NC(=O)OC)C(=O)N1CCC[C@H]1c1nc2ccc(-c3ccc4cc(-c5cnc([C@@H]6CCCN6C(=O)[C@@H](NC(=O)OC)[C@@H](C)OC)[nH]5)ccc4c3)cc2[nH]1. The van der Waals surface area contributed by atoms with Crippen LogP contribution < -0.4 is 10.6 Å². The van der Waals surface area contributed by atoms with Gasteiger partial charge in [0.15, 0.2) is 0 Å². The first-order valence-electron chi connectivity index (χ1n) is 19.9. The zero-order valence-electron chi connectivity index (χ0n) is 33.8. The van der Waals surface area contributed by atoms with Crippen molar-refractivity contribution in [1.29, 1.82) is 0 Å². The van der Waals surface area contributed by atoms with Gasteiger partial charge in [-0.3, -0.25) is 9.59 Å². The molecule has 7 rings (SSSR count). The number of benzene rings is 3. The van der Waals surface area contributed by atoms with E-state index in [2.05, 4.69) is 69.1 Å². The fraction of sp³-hybridized carbons (Fsp3) is 0.442. The Balaban J connectivity index is 1.07. The number of aromatic amines is 2. The van der Waals surface area contributed by atoms with Gasteiger partial charge in [-0.05, 0) is 84.7 Å². The lowest BCUT2D eigenvalue weighted by Gasteiger charge is -2.30. The molecule has 0 saturated carbocycles. The van der Waals surface area contributed by atoms with Crippen LogP contribution in [0.4, 0.5) is 9.59 Å². The number of ether oxygens (including phenoxy) is 3. The van der Waals surface area contributed by atoms with E-state index in [1.54, 1.807) is 18.0 Å². The molecule has 0 spiro atoms. The molecular formula is C43H52N8O7. The number of likely N-dealkylation sites (tertiary alicyclic amines) is 2. The van der Waals surface area contributed by atoms with Gasteiger partial charge in [0.2, 0.25) is 11.8 Å². The van der Waals surface area contributed by atoms with Crippen molar-refractivity contribution >= 4 is 45.8 Å². The number of hydrogen-bond donors (Lipinski definition) is 4. The summed E-state index contributed by atoms with van der Waals surface area (Å²) in [6.45, 7) is 6.83. The Labute approximate surface area is 337 Å². The van der Waals surface area contributed by atoms with Gasteiger partial charge in [0.05, 0.1) is 55.3 Å². The van der Waals surface area contributed by atoms with Crippen LogP contribution in [0, 0.1) is 5.92 Å². The summed E-state index contributed by atoms with van der Waals surface area (Å²) >= 11 is 0. The molecule has 1 unspecified atom stereocenters. The van der Waals surface area contributed by atoms with E-state index in [1.807, 2.05) is 24.8 Å². The van der Waals surface area contributed by atoms with Crippen LogP contribution in [0.25, 0.3) is 44.2 Å². The summed E-state index contributed by atoms with van der Waals surface area (Å²) in [4.78, 5) is 71.8. The highest BCUT2D eigenvalue weighted by atomic mass is 16.5. The normalized spacial score (nSPS) is 18.9. The molecule has 58 heavy (non-hydrogen) atoms. The quantitative estimate of drug-likeness (QED) is 0.108. The van der Waals surface area contributed by atoms with Crippen molar-refractivity contribution < 1.29 is 33.4 Å². The molecule has 2 aromatic heterocycles. The number of aromatic nitrogens is 4. The topological polar surface area (TPSA) is 184 Å². The third-order valence-corrected chi connectivity index (χ3v) is 11.8. The summed E-state index contributed by atoms with van der Waals surface area (Å²) in [6.07, 6.45) is 3.83. The number of carbonyl (C=O) groups is 4. The monoisotopic (exact) mass is 792 g/mol. The Morgan fingerprint density at radius 2 is 1.33 bits per heavy atom. The molecule has 6 atom stereocenters. The van der Waals surface area contributed by atoms with Gasteiger partial charge in [0, 0.05) is 25.8 Å². The smallest absolute Gasteiger partial charge is 0.407 e. The predicted molar refractivity (Wildman–Crippen MR) is 219 cm³/mol. The minimum atomic E-state index is -0.900. The molecule has 15 nitrogen and oxygen atoms in total. The number of imidazole rings is 2. The fourth-order valence-electron chi connectivity index (χ4n) is 8.17. The second kappa shape index (κ2) is 17.3. The average molecular weight is 793 g/mol. The molecule has 0 bridgehead atoms. The van der Waals surface area contributed by atoms with E-state index in [4.69, 9.17) is 24.2 Å². The maximum atomic E-state index is 13.8. The number of nitrogens with zero attached hydrogens (tertiary/aromatic N) is 4. The molecular weight excluding hydrogens is 741 g/mol. The largest absolute Gasteiger partial charge is 0.453 e. The Kier molecular flexibility index (Phi) is 12.0. The third kappa shape index (κ3) is 8.08. The van der Waals surface area contributed by atoms with Crippen LogP contribution in [0.15, 0.2) is 60.8 Å². The second-order valence-corrected chi connectivity index (χ2v) is 15.2. The van der Waals surface area contributed by atoms with Gasteiger partial charge in [-0.15, -0.1) is 0 Å². The van der Waals surface area contributed by atoms with Crippen LogP contribution >= 0.6 is 0 Å². The van der Waals surface area contributed by atoms with Crippen molar-refractivity contribution in [2.24, 2.45) is 5.92 Å². The lowest BCUT2D eigenvalue weighted by atomic mass is 9.97. The number of fused-ring (bicyclic) bond motifs is 2. The summed E-state index contributed by atoms with van der Waals surface area (Å²) in [5, 5.41) is 7.52. The average Bonchev–Trinajstić information content (AvgIpc) is 4.09. The molecule has 0 aliphatic carbocycles. The molecule has 4 heterocycles. The zero-order valence-corrected chi connectivity index (χ0v) is 33.8. The summed E-state index contributed by atoms with van der Waals surface area (Å²) in [5.41, 5.74) is 5.60. The van der Waals surface area contributed by atoms with Gasteiger partial charge in [-0.25, -0.2) is 19.6 Å². The van der Waals surface area contributed by atoms with Crippen LogP contribution in [0.2, 0.25) is 0 Å². The molecule has 4 N–H and O–H groups in total. The first kappa shape index (κ1) is 40.2. The van der Waals surface area contributed by atoms with E-state index in [1.165, 1.54) is 21.3 Å². The van der Waals surface area contributed by atoms with Gasteiger partial charge >= 0.3 is 12.2 Å². The molecule has 2 saturated heterocycles. The first-order chi connectivity index (χ1) is 28.0. The Morgan fingerprint density at radius 1 is 0.759 bits per heavy atom. The van der Waals surface area contributed by atoms with Crippen LogP contribution in [0.3, 0.4) is 0 Å². The number of H-pyrrole nitrogens is 2. The zero-order chi connectivity index (χ0) is 41.1. The van der Waals surface area contributed by atoms with Crippen LogP contribution in [0.1, 0.15) is 76.6 Å². The summed E-state index contributed by atoms with van der Waals surface area (Å²) in [5.74, 6) is 0.991. The Bertz CT molecular complexity index is 2300. The molecule has 3 aromatic carbocycles. The summed E-state index contributed by atoms with van der Waals surface area (Å²) < 4.78 is 15.0. The van der Waals surface area contributed by atoms with E-state index < -0.39 is 30.4 Å². The van der Waals surface area contributed by atoms with Crippen molar-refractivity contribution in [2.45, 2.75) is 83.1 Å². The number of alkyl carbamates (subject to hydrolysis) is 2. The maximum absolute atomic E-state index is 13.8. The van der Waals surface area contributed by atoms with Crippen LogP contribution in [-0.4, -0.2) is 106 Å². The third-order valence-electron chi connectivity index (χ3n) is 11.8. The highest BCUT2D eigenvalue weighted by Crippen LogP contribution is 2.36. The van der Waals surface area contributed by atoms with Crippen molar-refractivity contribution in [3.05, 3.63) is 72.4 Å². The first-order valence-corrected chi connectivity index (χ1v) is 19.9.